The van der Waals surface area contributed by atoms with Gasteiger partial charge < -0.3 is 9.80 Å². The number of pyridine rings is 1. The van der Waals surface area contributed by atoms with Gasteiger partial charge in [-0.3, -0.25) is 4.79 Å². The summed E-state index contributed by atoms with van der Waals surface area (Å²) in [6.45, 7) is 1.47. The Balaban J connectivity index is 1.55. The molecule has 4 nitrogen and oxygen atoms in total. The molecule has 1 aliphatic heterocycles. The van der Waals surface area contributed by atoms with Crippen LogP contribution < -0.4 is 4.90 Å². The van der Waals surface area contributed by atoms with Gasteiger partial charge in [-0.2, -0.15) is 0 Å². The van der Waals surface area contributed by atoms with Crippen molar-refractivity contribution in [1.82, 2.24) is 9.88 Å². The Morgan fingerprint density at radius 3 is 2.72 bits per heavy atom. The van der Waals surface area contributed by atoms with Crippen LogP contribution in [0.5, 0.6) is 0 Å². The van der Waals surface area contributed by atoms with E-state index in [1.807, 2.05) is 23.1 Å². The van der Waals surface area contributed by atoms with Gasteiger partial charge in [0.05, 0.1) is 6.42 Å². The molecule has 1 saturated heterocycles. The minimum atomic E-state index is -0.304. The normalized spacial score (nSPS) is 15.2. The van der Waals surface area contributed by atoms with Gasteiger partial charge in [0.25, 0.3) is 0 Å². The molecule has 0 radical (unpaired) electrons. The number of carbonyl (C=O) groups excluding carboxylic acids is 1. The minimum Gasteiger partial charge on any atom is -0.357 e. The number of rotatable bonds is 4. The second-order valence-electron chi connectivity index (χ2n) is 6.32. The van der Waals surface area contributed by atoms with Gasteiger partial charge in [0.2, 0.25) is 5.91 Å². The van der Waals surface area contributed by atoms with Crippen molar-refractivity contribution in [3.05, 3.63) is 58.4 Å². The van der Waals surface area contributed by atoms with E-state index in [1.165, 1.54) is 12.1 Å². The Morgan fingerprint density at radius 1 is 1.32 bits per heavy atom. The van der Waals surface area contributed by atoms with Crippen LogP contribution >= 0.6 is 15.9 Å². The second kappa shape index (κ2) is 7.95. The quantitative estimate of drug-likeness (QED) is 0.778. The van der Waals surface area contributed by atoms with Crippen LogP contribution in [0.3, 0.4) is 0 Å². The van der Waals surface area contributed by atoms with Gasteiger partial charge in [0.15, 0.2) is 0 Å². The Bertz CT molecular complexity index is 733. The van der Waals surface area contributed by atoms with E-state index in [0.717, 1.165) is 37.3 Å². The zero-order valence-electron chi connectivity index (χ0n) is 14.2. The van der Waals surface area contributed by atoms with Crippen LogP contribution in [0.15, 0.2) is 47.1 Å². The summed E-state index contributed by atoms with van der Waals surface area (Å²) in [6.07, 6.45) is 3.93. The van der Waals surface area contributed by atoms with Crippen LogP contribution in [-0.4, -0.2) is 42.0 Å². The Hall–Kier alpha value is -1.95. The number of likely N-dealkylation sites (tertiary alicyclic amines) is 1. The number of benzene rings is 1. The van der Waals surface area contributed by atoms with Crippen molar-refractivity contribution in [2.75, 3.05) is 25.0 Å². The number of hydrogen-bond donors (Lipinski definition) is 0. The van der Waals surface area contributed by atoms with Crippen LogP contribution in [0.25, 0.3) is 0 Å². The Labute approximate surface area is 155 Å². The predicted octanol–water partition coefficient (Wildman–Crippen LogP) is 3.65. The highest BCUT2D eigenvalue weighted by atomic mass is 79.9. The molecule has 2 aromatic rings. The Kier molecular flexibility index (Phi) is 5.68. The number of piperidine rings is 1. The largest absolute Gasteiger partial charge is 0.357 e. The van der Waals surface area contributed by atoms with E-state index < -0.39 is 0 Å². The number of hydrogen-bond acceptors (Lipinski definition) is 3. The lowest BCUT2D eigenvalue weighted by Crippen LogP contribution is -2.46. The third kappa shape index (κ3) is 4.37. The first-order chi connectivity index (χ1) is 12.0. The van der Waals surface area contributed by atoms with Crippen molar-refractivity contribution >= 4 is 27.7 Å². The molecule has 25 heavy (non-hydrogen) atoms. The minimum absolute atomic E-state index is 0.0891. The number of halogens is 2. The summed E-state index contributed by atoms with van der Waals surface area (Å²) < 4.78 is 13.8. The predicted molar refractivity (Wildman–Crippen MR) is 100 cm³/mol. The zero-order valence-corrected chi connectivity index (χ0v) is 15.7. The molecule has 1 aromatic carbocycles. The average Bonchev–Trinajstić information content (AvgIpc) is 2.64. The molecule has 0 aliphatic carbocycles. The van der Waals surface area contributed by atoms with Crippen molar-refractivity contribution in [2.24, 2.45) is 0 Å². The van der Waals surface area contributed by atoms with Gasteiger partial charge >= 0.3 is 0 Å². The maximum atomic E-state index is 13.2. The van der Waals surface area contributed by atoms with Crippen molar-refractivity contribution in [1.29, 1.82) is 0 Å². The smallest absolute Gasteiger partial charge is 0.227 e. The SMILES string of the molecule is CN(c1ccccn1)C1CCN(C(=O)Cc2ccc(F)cc2Br)CC1. The molecular formula is C19H21BrFN3O. The molecule has 3 rings (SSSR count). The topological polar surface area (TPSA) is 36.4 Å². The lowest BCUT2D eigenvalue weighted by molar-refractivity contribution is -0.131. The number of amides is 1. The summed E-state index contributed by atoms with van der Waals surface area (Å²) in [6, 6.07) is 10.7. The summed E-state index contributed by atoms with van der Waals surface area (Å²) in [5.41, 5.74) is 0.819. The third-order valence-corrected chi connectivity index (χ3v) is 5.47. The fraction of sp³-hybridized carbons (Fsp3) is 0.368. The van der Waals surface area contributed by atoms with Crippen LogP contribution in [-0.2, 0) is 11.2 Å². The van der Waals surface area contributed by atoms with Gasteiger partial charge in [-0.15, -0.1) is 0 Å². The summed E-state index contributed by atoms with van der Waals surface area (Å²) >= 11 is 3.33. The highest BCUT2D eigenvalue weighted by molar-refractivity contribution is 9.10. The van der Waals surface area contributed by atoms with E-state index in [4.69, 9.17) is 0 Å². The summed E-state index contributed by atoms with van der Waals surface area (Å²) in [5, 5.41) is 0. The molecule has 132 valence electrons. The zero-order chi connectivity index (χ0) is 17.8. The van der Waals surface area contributed by atoms with E-state index in [2.05, 4.69) is 32.9 Å². The fourth-order valence-electron chi connectivity index (χ4n) is 3.19. The molecule has 0 unspecified atom stereocenters. The van der Waals surface area contributed by atoms with Gasteiger partial charge in [-0.25, -0.2) is 9.37 Å². The lowest BCUT2D eigenvalue weighted by Gasteiger charge is -2.37. The average molecular weight is 406 g/mol. The van der Waals surface area contributed by atoms with Crippen LogP contribution in [0.4, 0.5) is 10.2 Å². The van der Waals surface area contributed by atoms with E-state index in [9.17, 15) is 9.18 Å². The monoisotopic (exact) mass is 405 g/mol. The second-order valence-corrected chi connectivity index (χ2v) is 7.18. The Morgan fingerprint density at radius 2 is 2.08 bits per heavy atom. The number of aromatic nitrogens is 1. The van der Waals surface area contributed by atoms with Gasteiger partial charge in [0.1, 0.15) is 11.6 Å². The molecule has 0 N–H and O–H groups in total. The highest BCUT2D eigenvalue weighted by Crippen LogP contribution is 2.22. The van der Waals surface area contributed by atoms with Crippen molar-refractivity contribution < 1.29 is 9.18 Å². The van der Waals surface area contributed by atoms with Gasteiger partial charge in [-0.05, 0) is 42.7 Å². The number of carbonyl (C=O) groups is 1. The fourth-order valence-corrected chi connectivity index (χ4v) is 3.68. The molecular weight excluding hydrogens is 385 g/mol. The molecule has 0 atom stereocenters. The molecule has 1 aliphatic rings. The lowest BCUT2D eigenvalue weighted by atomic mass is 10.0. The first-order valence-corrected chi connectivity index (χ1v) is 9.19. The third-order valence-electron chi connectivity index (χ3n) is 4.73. The maximum Gasteiger partial charge on any atom is 0.227 e. The maximum absolute atomic E-state index is 13.2. The summed E-state index contributed by atoms with van der Waals surface area (Å²) in [5.74, 6) is 0.746. The van der Waals surface area contributed by atoms with Gasteiger partial charge in [0, 0.05) is 36.8 Å². The molecule has 0 bridgehead atoms. The molecule has 2 heterocycles. The molecule has 0 spiro atoms. The van der Waals surface area contributed by atoms with E-state index in [-0.39, 0.29) is 11.7 Å². The van der Waals surface area contributed by atoms with Crippen LogP contribution in [0.1, 0.15) is 18.4 Å². The number of anilines is 1. The van der Waals surface area contributed by atoms with Crippen molar-refractivity contribution in [2.45, 2.75) is 25.3 Å². The van der Waals surface area contributed by atoms with E-state index in [1.54, 1.807) is 12.3 Å². The molecule has 1 aromatic heterocycles. The first kappa shape index (κ1) is 17.9. The molecule has 6 heteroatoms. The molecule has 0 saturated carbocycles. The number of nitrogens with zero attached hydrogens (tertiary/aromatic N) is 3. The van der Waals surface area contributed by atoms with E-state index in [0.29, 0.717) is 16.9 Å². The van der Waals surface area contributed by atoms with E-state index >= 15 is 0 Å². The van der Waals surface area contributed by atoms with Crippen molar-refractivity contribution in [3.63, 3.8) is 0 Å². The first-order valence-electron chi connectivity index (χ1n) is 8.40. The molecule has 1 amide bonds. The van der Waals surface area contributed by atoms with Gasteiger partial charge in [-0.1, -0.05) is 28.1 Å². The molecule has 1 fully saturated rings. The van der Waals surface area contributed by atoms with Crippen molar-refractivity contribution in [3.8, 4) is 0 Å². The highest BCUT2D eigenvalue weighted by Gasteiger charge is 2.26. The van der Waals surface area contributed by atoms with Crippen LogP contribution in [0, 0.1) is 5.82 Å². The summed E-state index contributed by atoms with van der Waals surface area (Å²) in [7, 11) is 2.06. The standard InChI is InChI=1S/C19H21BrFN3O/c1-23(18-4-2-3-9-22-18)16-7-10-24(11-8-16)19(25)12-14-5-6-15(21)13-17(14)20/h2-6,9,13,16H,7-8,10-12H2,1H3. The van der Waals surface area contributed by atoms with Crippen LogP contribution in [0.2, 0.25) is 0 Å². The summed E-state index contributed by atoms with van der Waals surface area (Å²) in [4.78, 5) is 21.0.